The van der Waals surface area contributed by atoms with E-state index in [-0.39, 0.29) is 5.54 Å². The van der Waals surface area contributed by atoms with E-state index in [1.54, 1.807) is 11.5 Å². The number of aromatic nitrogens is 1. The fourth-order valence-electron chi connectivity index (χ4n) is 3.17. The third-order valence-electron chi connectivity index (χ3n) is 4.26. The molecule has 2 nitrogen and oxygen atoms in total. The van der Waals surface area contributed by atoms with Crippen molar-refractivity contribution in [3.05, 3.63) is 63.6 Å². The Morgan fingerprint density at radius 3 is 2.65 bits per heavy atom. The molecule has 0 unspecified atom stereocenters. The zero-order chi connectivity index (χ0) is 16.2. The minimum absolute atomic E-state index is 0.128. The number of nitrogens with one attached hydrogen (secondary N) is 1. The Labute approximate surface area is 145 Å². The second-order valence-electron chi connectivity index (χ2n) is 6.53. The highest BCUT2D eigenvalue weighted by Gasteiger charge is 2.34. The van der Waals surface area contributed by atoms with Crippen molar-refractivity contribution in [1.82, 2.24) is 3.96 Å². The van der Waals surface area contributed by atoms with E-state index in [2.05, 4.69) is 78.6 Å². The number of nitrogens with zero attached hydrogens (tertiary/aromatic N) is 1. The summed E-state index contributed by atoms with van der Waals surface area (Å²) in [4.78, 5) is 1.29. The average Bonchev–Trinajstić information content (AvgIpc) is 2.86. The average molecular weight is 339 g/mol. The van der Waals surface area contributed by atoms with Gasteiger partial charge in [-0.15, -0.1) is 0 Å². The SMILES string of the molecule is Cc1cccc(-n2sc3c(c2=S)-c2ccccc2NC3(C)C)c1. The van der Waals surface area contributed by atoms with Crippen LogP contribution in [0.5, 0.6) is 0 Å². The van der Waals surface area contributed by atoms with Crippen molar-refractivity contribution in [1.29, 1.82) is 0 Å². The van der Waals surface area contributed by atoms with E-state index in [0.717, 1.165) is 16.0 Å². The Morgan fingerprint density at radius 2 is 1.87 bits per heavy atom. The highest BCUT2D eigenvalue weighted by Crippen LogP contribution is 2.47. The molecule has 0 radical (unpaired) electrons. The summed E-state index contributed by atoms with van der Waals surface area (Å²) in [6.07, 6.45) is 0. The van der Waals surface area contributed by atoms with Gasteiger partial charge < -0.3 is 5.32 Å². The van der Waals surface area contributed by atoms with Crippen LogP contribution in [-0.4, -0.2) is 3.96 Å². The first-order chi connectivity index (χ1) is 11.0. The minimum atomic E-state index is -0.128. The van der Waals surface area contributed by atoms with Gasteiger partial charge in [0, 0.05) is 16.8 Å². The highest BCUT2D eigenvalue weighted by molar-refractivity contribution is 7.71. The van der Waals surface area contributed by atoms with Gasteiger partial charge in [0.1, 0.15) is 4.64 Å². The molecule has 2 heterocycles. The maximum absolute atomic E-state index is 5.86. The van der Waals surface area contributed by atoms with Crippen LogP contribution in [0.25, 0.3) is 16.8 Å². The third-order valence-corrected chi connectivity index (χ3v) is 6.23. The van der Waals surface area contributed by atoms with Gasteiger partial charge in [0.15, 0.2) is 0 Å². The predicted octanol–water partition coefficient (Wildman–Crippen LogP) is 5.90. The van der Waals surface area contributed by atoms with E-state index in [9.17, 15) is 0 Å². The molecule has 1 N–H and O–H groups in total. The topological polar surface area (TPSA) is 17.0 Å². The summed E-state index contributed by atoms with van der Waals surface area (Å²) in [6, 6.07) is 16.9. The van der Waals surface area contributed by atoms with E-state index < -0.39 is 0 Å². The van der Waals surface area contributed by atoms with Crippen molar-refractivity contribution < 1.29 is 0 Å². The van der Waals surface area contributed by atoms with Crippen LogP contribution in [0.15, 0.2) is 48.5 Å². The maximum atomic E-state index is 5.86. The molecule has 1 aromatic heterocycles. The van der Waals surface area contributed by atoms with Gasteiger partial charge in [-0.25, -0.2) is 0 Å². The van der Waals surface area contributed by atoms with Gasteiger partial charge >= 0.3 is 0 Å². The molecule has 1 aliphatic rings. The first-order valence-electron chi connectivity index (χ1n) is 7.69. The van der Waals surface area contributed by atoms with Crippen LogP contribution in [0.4, 0.5) is 5.69 Å². The van der Waals surface area contributed by atoms with Crippen molar-refractivity contribution in [3.8, 4) is 16.8 Å². The number of hydrogen-bond acceptors (Lipinski definition) is 3. The second kappa shape index (κ2) is 5.05. The number of rotatable bonds is 1. The summed E-state index contributed by atoms with van der Waals surface area (Å²) in [7, 11) is 0. The standard InChI is InChI=1S/C19H18N2S2/c1-12-7-6-8-13(11-12)21-18(22)16-14-9-4-5-10-15(14)20-19(2,3)17(16)23-21/h4-11,20H,1-3H3. The van der Waals surface area contributed by atoms with E-state index in [0.29, 0.717) is 0 Å². The lowest BCUT2D eigenvalue weighted by Crippen LogP contribution is -2.30. The number of fused-ring (bicyclic) bond motifs is 3. The zero-order valence-corrected chi connectivity index (χ0v) is 15.0. The molecule has 0 aliphatic carbocycles. The molecule has 0 amide bonds. The lowest BCUT2D eigenvalue weighted by atomic mass is 9.90. The summed E-state index contributed by atoms with van der Waals surface area (Å²) in [5, 5.41) is 3.65. The summed E-state index contributed by atoms with van der Waals surface area (Å²) in [5.41, 5.74) is 5.82. The normalized spacial score (nSPS) is 14.7. The largest absolute Gasteiger partial charge is 0.375 e. The molecule has 0 atom stereocenters. The summed E-state index contributed by atoms with van der Waals surface area (Å²) in [6.45, 7) is 6.54. The van der Waals surface area contributed by atoms with Gasteiger partial charge in [0.05, 0.1) is 16.1 Å². The van der Waals surface area contributed by atoms with Crippen molar-refractivity contribution in [3.63, 3.8) is 0 Å². The Hall–Kier alpha value is -1.91. The van der Waals surface area contributed by atoms with Gasteiger partial charge in [-0.1, -0.05) is 54.1 Å². The van der Waals surface area contributed by atoms with Crippen LogP contribution in [0.2, 0.25) is 0 Å². The summed E-state index contributed by atoms with van der Waals surface area (Å²) in [5.74, 6) is 0. The second-order valence-corrected chi connectivity index (χ2v) is 7.87. The summed E-state index contributed by atoms with van der Waals surface area (Å²) >= 11 is 7.61. The predicted molar refractivity (Wildman–Crippen MR) is 101 cm³/mol. The van der Waals surface area contributed by atoms with Crippen molar-refractivity contribution in [2.75, 3.05) is 5.32 Å². The number of hydrogen-bond donors (Lipinski definition) is 1. The lowest BCUT2D eigenvalue weighted by Gasteiger charge is -2.33. The van der Waals surface area contributed by atoms with Crippen LogP contribution >= 0.6 is 23.8 Å². The smallest absolute Gasteiger partial charge is 0.129 e. The lowest BCUT2D eigenvalue weighted by molar-refractivity contribution is 0.620. The number of benzene rings is 2. The maximum Gasteiger partial charge on any atom is 0.129 e. The minimum Gasteiger partial charge on any atom is -0.375 e. The van der Waals surface area contributed by atoms with Crippen molar-refractivity contribution in [2.24, 2.45) is 0 Å². The third kappa shape index (κ3) is 2.25. The Morgan fingerprint density at radius 1 is 1.09 bits per heavy atom. The van der Waals surface area contributed by atoms with E-state index in [1.165, 1.54) is 21.6 Å². The number of anilines is 1. The van der Waals surface area contributed by atoms with E-state index in [1.807, 2.05) is 0 Å². The Kier molecular flexibility index (Phi) is 3.22. The molecule has 23 heavy (non-hydrogen) atoms. The molecular weight excluding hydrogens is 320 g/mol. The quantitative estimate of drug-likeness (QED) is 0.556. The van der Waals surface area contributed by atoms with E-state index in [4.69, 9.17) is 12.2 Å². The molecule has 0 fully saturated rings. The van der Waals surface area contributed by atoms with Gasteiger partial charge in [-0.05, 0) is 44.5 Å². The first-order valence-corrected chi connectivity index (χ1v) is 8.87. The van der Waals surface area contributed by atoms with Gasteiger partial charge in [0.25, 0.3) is 0 Å². The fourth-order valence-corrected chi connectivity index (χ4v) is 4.82. The molecule has 3 aromatic rings. The van der Waals surface area contributed by atoms with Gasteiger partial charge in [-0.2, -0.15) is 0 Å². The van der Waals surface area contributed by atoms with Crippen molar-refractivity contribution >= 4 is 29.4 Å². The molecule has 0 saturated carbocycles. The van der Waals surface area contributed by atoms with Gasteiger partial charge in [0.2, 0.25) is 0 Å². The van der Waals surface area contributed by atoms with Gasteiger partial charge in [-0.3, -0.25) is 3.96 Å². The Bertz CT molecular complexity index is 963. The molecule has 4 rings (SSSR count). The van der Waals surface area contributed by atoms with Crippen LogP contribution in [-0.2, 0) is 5.54 Å². The Balaban J connectivity index is 2.03. The highest BCUT2D eigenvalue weighted by atomic mass is 32.1. The fraction of sp³-hybridized carbons (Fsp3) is 0.211. The monoisotopic (exact) mass is 338 g/mol. The summed E-state index contributed by atoms with van der Waals surface area (Å²) < 4.78 is 3.08. The molecule has 0 saturated heterocycles. The number of para-hydroxylation sites is 1. The van der Waals surface area contributed by atoms with Crippen LogP contribution < -0.4 is 5.32 Å². The van der Waals surface area contributed by atoms with Crippen LogP contribution in [0, 0.1) is 11.6 Å². The molecule has 0 spiro atoms. The molecule has 4 heteroatoms. The molecule has 2 aromatic carbocycles. The first kappa shape index (κ1) is 14.7. The molecule has 116 valence electrons. The molecule has 1 aliphatic heterocycles. The molecular formula is C19H18N2S2. The van der Waals surface area contributed by atoms with Crippen molar-refractivity contribution in [2.45, 2.75) is 26.3 Å². The molecule has 0 bridgehead atoms. The zero-order valence-electron chi connectivity index (χ0n) is 13.4. The van der Waals surface area contributed by atoms with Crippen LogP contribution in [0.1, 0.15) is 24.3 Å². The van der Waals surface area contributed by atoms with Crippen LogP contribution in [0.3, 0.4) is 0 Å². The number of aryl methyl sites for hydroxylation is 1. The van der Waals surface area contributed by atoms with E-state index >= 15 is 0 Å².